The van der Waals surface area contributed by atoms with Crippen LogP contribution in [-0.2, 0) is 17.9 Å². The maximum atomic E-state index is 6.07. The van der Waals surface area contributed by atoms with Crippen molar-refractivity contribution in [3.05, 3.63) is 56.0 Å². The third-order valence-corrected chi connectivity index (χ3v) is 5.02. The normalized spacial score (nSPS) is 10.8. The van der Waals surface area contributed by atoms with Gasteiger partial charge in [-0.2, -0.15) is 0 Å². The van der Waals surface area contributed by atoms with Gasteiger partial charge in [0.1, 0.15) is 6.61 Å². The van der Waals surface area contributed by atoms with Crippen molar-refractivity contribution >= 4 is 39.1 Å². The van der Waals surface area contributed by atoms with Gasteiger partial charge in [-0.15, -0.1) is 0 Å². The first kappa shape index (κ1) is 20.3. The van der Waals surface area contributed by atoms with Gasteiger partial charge in [-0.05, 0) is 29.8 Å². The lowest BCUT2D eigenvalue weighted by atomic mass is 10.1. The van der Waals surface area contributed by atoms with E-state index in [4.69, 9.17) is 37.4 Å². The van der Waals surface area contributed by atoms with Crippen molar-refractivity contribution in [3.63, 3.8) is 0 Å². The standard InChI is InChI=1S/C18H20BrCl2NO3/c1-23-8-7-22-10-13-14(19)4-6-17(24-2)18(13)25-11-12-3-5-15(20)16(21)9-12/h3-6,9,22H,7-8,10-11H2,1-2H3. The molecule has 2 aromatic rings. The van der Waals surface area contributed by atoms with E-state index < -0.39 is 0 Å². The Balaban J connectivity index is 2.18. The fraction of sp³-hybridized carbons (Fsp3) is 0.333. The Hall–Kier alpha value is -0.980. The molecule has 0 aliphatic rings. The lowest BCUT2D eigenvalue weighted by molar-refractivity contribution is 0.199. The zero-order chi connectivity index (χ0) is 18.2. The number of rotatable bonds is 9. The second-order valence-electron chi connectivity index (χ2n) is 5.26. The van der Waals surface area contributed by atoms with E-state index in [0.29, 0.717) is 41.3 Å². The fourth-order valence-corrected chi connectivity index (χ4v) is 3.01. The van der Waals surface area contributed by atoms with Crippen LogP contribution >= 0.6 is 39.1 Å². The van der Waals surface area contributed by atoms with Gasteiger partial charge in [0, 0.05) is 30.2 Å². The lowest BCUT2D eigenvalue weighted by Crippen LogP contribution is -2.19. The summed E-state index contributed by atoms with van der Waals surface area (Å²) < 4.78 is 17.5. The Morgan fingerprint density at radius 3 is 2.56 bits per heavy atom. The number of hydrogen-bond donors (Lipinski definition) is 1. The molecule has 2 aromatic carbocycles. The summed E-state index contributed by atoms with van der Waals surface area (Å²) in [6, 6.07) is 9.25. The highest BCUT2D eigenvalue weighted by Crippen LogP contribution is 2.37. The van der Waals surface area contributed by atoms with Gasteiger partial charge in [0.2, 0.25) is 0 Å². The van der Waals surface area contributed by atoms with Crippen molar-refractivity contribution in [2.24, 2.45) is 0 Å². The van der Waals surface area contributed by atoms with Crippen LogP contribution in [0.5, 0.6) is 11.5 Å². The number of methoxy groups -OCH3 is 2. The van der Waals surface area contributed by atoms with Gasteiger partial charge in [-0.25, -0.2) is 0 Å². The summed E-state index contributed by atoms with van der Waals surface area (Å²) in [4.78, 5) is 0. The average molecular weight is 449 g/mol. The zero-order valence-electron chi connectivity index (χ0n) is 14.1. The quantitative estimate of drug-likeness (QED) is 0.543. The van der Waals surface area contributed by atoms with Crippen molar-refractivity contribution in [1.82, 2.24) is 5.32 Å². The molecule has 25 heavy (non-hydrogen) atoms. The molecule has 0 aromatic heterocycles. The first-order chi connectivity index (χ1) is 12.1. The summed E-state index contributed by atoms with van der Waals surface area (Å²) in [5, 5.41) is 4.35. The minimum Gasteiger partial charge on any atom is -0.493 e. The van der Waals surface area contributed by atoms with Crippen molar-refractivity contribution in [2.75, 3.05) is 27.4 Å². The van der Waals surface area contributed by atoms with Crippen LogP contribution in [0, 0.1) is 0 Å². The topological polar surface area (TPSA) is 39.7 Å². The molecule has 0 saturated carbocycles. The predicted molar refractivity (Wildman–Crippen MR) is 105 cm³/mol. The summed E-state index contributed by atoms with van der Waals surface area (Å²) in [5.41, 5.74) is 1.91. The molecule has 0 radical (unpaired) electrons. The molecule has 0 aliphatic heterocycles. The molecular weight excluding hydrogens is 429 g/mol. The van der Waals surface area contributed by atoms with Crippen molar-refractivity contribution < 1.29 is 14.2 Å². The van der Waals surface area contributed by atoms with Crippen molar-refractivity contribution in [1.29, 1.82) is 0 Å². The Kier molecular flexibility index (Phi) is 8.33. The first-order valence-corrected chi connectivity index (χ1v) is 9.23. The molecular formula is C18H20BrCl2NO3. The smallest absolute Gasteiger partial charge is 0.167 e. The maximum Gasteiger partial charge on any atom is 0.167 e. The second-order valence-corrected chi connectivity index (χ2v) is 6.93. The summed E-state index contributed by atoms with van der Waals surface area (Å²) in [5.74, 6) is 1.36. The highest BCUT2D eigenvalue weighted by atomic mass is 79.9. The molecule has 0 amide bonds. The van der Waals surface area contributed by atoms with Gasteiger partial charge in [-0.3, -0.25) is 0 Å². The summed E-state index contributed by atoms with van der Waals surface area (Å²) >= 11 is 15.6. The minimum absolute atomic E-state index is 0.356. The number of hydrogen-bond acceptors (Lipinski definition) is 4. The van der Waals surface area contributed by atoms with Gasteiger partial charge in [-0.1, -0.05) is 45.2 Å². The number of halogens is 3. The van der Waals surface area contributed by atoms with E-state index in [1.807, 2.05) is 18.2 Å². The molecule has 136 valence electrons. The van der Waals surface area contributed by atoms with Crippen LogP contribution in [0.25, 0.3) is 0 Å². The van der Waals surface area contributed by atoms with E-state index in [9.17, 15) is 0 Å². The molecule has 0 bridgehead atoms. The van der Waals surface area contributed by atoms with Gasteiger partial charge in [0.15, 0.2) is 11.5 Å². The molecule has 0 aliphatic carbocycles. The SMILES string of the molecule is COCCNCc1c(Br)ccc(OC)c1OCc1ccc(Cl)c(Cl)c1. The van der Waals surface area contributed by atoms with Crippen LogP contribution in [0.2, 0.25) is 10.0 Å². The molecule has 0 fully saturated rings. The molecule has 0 saturated heterocycles. The average Bonchev–Trinajstić information content (AvgIpc) is 2.61. The Morgan fingerprint density at radius 2 is 1.88 bits per heavy atom. The Morgan fingerprint density at radius 1 is 1.08 bits per heavy atom. The summed E-state index contributed by atoms with van der Waals surface area (Å²) in [7, 11) is 3.30. The molecule has 7 heteroatoms. The fourth-order valence-electron chi connectivity index (χ4n) is 2.24. The number of benzene rings is 2. The van der Waals surface area contributed by atoms with Crippen LogP contribution in [-0.4, -0.2) is 27.4 Å². The number of ether oxygens (including phenoxy) is 3. The van der Waals surface area contributed by atoms with Crippen LogP contribution in [0.3, 0.4) is 0 Å². The molecule has 0 heterocycles. The first-order valence-electron chi connectivity index (χ1n) is 7.68. The molecule has 1 N–H and O–H groups in total. The predicted octanol–water partition coefficient (Wildman–Crippen LogP) is 5.08. The lowest BCUT2D eigenvalue weighted by Gasteiger charge is -2.17. The van der Waals surface area contributed by atoms with Gasteiger partial charge in [0.25, 0.3) is 0 Å². The van der Waals surface area contributed by atoms with Gasteiger partial charge in [0.05, 0.1) is 23.8 Å². The minimum atomic E-state index is 0.356. The van der Waals surface area contributed by atoms with E-state index in [1.54, 1.807) is 26.4 Å². The van der Waals surface area contributed by atoms with E-state index in [2.05, 4.69) is 21.2 Å². The summed E-state index contributed by atoms with van der Waals surface area (Å²) in [6.07, 6.45) is 0. The van der Waals surface area contributed by atoms with Crippen LogP contribution < -0.4 is 14.8 Å². The van der Waals surface area contributed by atoms with Gasteiger partial charge >= 0.3 is 0 Å². The number of nitrogens with one attached hydrogen (secondary N) is 1. The van der Waals surface area contributed by atoms with E-state index >= 15 is 0 Å². The van der Waals surface area contributed by atoms with Crippen LogP contribution in [0.1, 0.15) is 11.1 Å². The van der Waals surface area contributed by atoms with Crippen LogP contribution in [0.4, 0.5) is 0 Å². The molecule has 0 unspecified atom stereocenters. The highest BCUT2D eigenvalue weighted by molar-refractivity contribution is 9.10. The highest BCUT2D eigenvalue weighted by Gasteiger charge is 2.15. The Labute approximate surface area is 166 Å². The molecule has 0 atom stereocenters. The monoisotopic (exact) mass is 447 g/mol. The second kappa shape index (κ2) is 10.2. The third-order valence-electron chi connectivity index (χ3n) is 3.54. The molecule has 0 spiro atoms. The van der Waals surface area contributed by atoms with Crippen molar-refractivity contribution in [2.45, 2.75) is 13.2 Å². The van der Waals surface area contributed by atoms with E-state index in [1.165, 1.54) is 0 Å². The zero-order valence-corrected chi connectivity index (χ0v) is 17.2. The Bertz CT molecular complexity index is 713. The van der Waals surface area contributed by atoms with Crippen molar-refractivity contribution in [3.8, 4) is 11.5 Å². The largest absolute Gasteiger partial charge is 0.493 e. The molecule has 2 rings (SSSR count). The third kappa shape index (κ3) is 5.76. The van der Waals surface area contributed by atoms with E-state index in [-0.39, 0.29) is 0 Å². The summed E-state index contributed by atoms with van der Waals surface area (Å²) in [6.45, 7) is 2.36. The maximum absolute atomic E-state index is 6.07. The van der Waals surface area contributed by atoms with Crippen LogP contribution in [0.15, 0.2) is 34.8 Å². The van der Waals surface area contributed by atoms with Gasteiger partial charge < -0.3 is 19.5 Å². The molecule has 4 nitrogen and oxygen atoms in total. The van der Waals surface area contributed by atoms with E-state index in [0.717, 1.165) is 22.1 Å².